The molecule has 30 heavy (non-hydrogen) atoms. The predicted octanol–water partition coefficient (Wildman–Crippen LogP) is 4.79. The summed E-state index contributed by atoms with van der Waals surface area (Å²) in [6.45, 7) is 0. The van der Waals surface area contributed by atoms with Gasteiger partial charge in [0, 0.05) is 6.42 Å². The molecule has 0 spiro atoms. The summed E-state index contributed by atoms with van der Waals surface area (Å²) < 4.78 is 5.59. The maximum atomic E-state index is 12.5. The van der Waals surface area contributed by atoms with Gasteiger partial charge < -0.3 is 9.73 Å². The van der Waals surface area contributed by atoms with Crippen molar-refractivity contribution < 1.29 is 14.0 Å². The molecule has 2 aromatic heterocycles. The molecule has 0 aliphatic rings. The summed E-state index contributed by atoms with van der Waals surface area (Å²) in [7, 11) is 0. The van der Waals surface area contributed by atoms with Crippen molar-refractivity contribution in [2.45, 2.75) is 12.8 Å². The van der Waals surface area contributed by atoms with Crippen LogP contribution in [-0.4, -0.2) is 22.2 Å². The van der Waals surface area contributed by atoms with Crippen LogP contribution < -0.4 is 5.32 Å². The molecule has 4 aromatic rings. The van der Waals surface area contributed by atoms with Gasteiger partial charge in [0.15, 0.2) is 5.76 Å². The van der Waals surface area contributed by atoms with Crippen LogP contribution in [0.15, 0.2) is 83.4 Å². The average Bonchev–Trinajstić information content (AvgIpc) is 3.29. The molecule has 0 fully saturated rings. The Morgan fingerprint density at radius 2 is 1.70 bits per heavy atom. The van der Waals surface area contributed by atoms with Crippen molar-refractivity contribution in [2.24, 2.45) is 0 Å². The number of hydrogen-bond donors (Lipinski definition) is 1. The van der Waals surface area contributed by atoms with Gasteiger partial charge in [-0.05, 0) is 35.2 Å². The van der Waals surface area contributed by atoms with Gasteiger partial charge >= 0.3 is 0 Å². The van der Waals surface area contributed by atoms with Crippen molar-refractivity contribution >= 4 is 18.0 Å². The van der Waals surface area contributed by atoms with Crippen LogP contribution in [0.2, 0.25) is 0 Å². The molecule has 0 radical (unpaired) electrons. The van der Waals surface area contributed by atoms with E-state index >= 15 is 0 Å². The number of amides is 1. The predicted molar refractivity (Wildman–Crippen MR) is 114 cm³/mol. The summed E-state index contributed by atoms with van der Waals surface area (Å²) >= 11 is 0. The quantitative estimate of drug-likeness (QED) is 0.341. The molecule has 6 heteroatoms. The number of rotatable bonds is 8. The maximum absolute atomic E-state index is 12.5. The molecule has 2 aromatic carbocycles. The summed E-state index contributed by atoms with van der Waals surface area (Å²) in [5, 5.41) is 2.48. The number of ketones is 1. The molecule has 1 N–H and O–H groups in total. The first-order valence-corrected chi connectivity index (χ1v) is 9.54. The molecule has 0 saturated carbocycles. The number of aryl methyl sites for hydroxylation is 1. The zero-order valence-electron chi connectivity index (χ0n) is 16.1. The highest BCUT2D eigenvalue weighted by Gasteiger charge is 2.15. The Labute approximate surface area is 173 Å². The van der Waals surface area contributed by atoms with Crippen molar-refractivity contribution in [3.05, 3.63) is 90.4 Å². The van der Waals surface area contributed by atoms with Crippen LogP contribution in [-0.2, 0) is 11.2 Å². The van der Waals surface area contributed by atoms with Crippen LogP contribution >= 0.6 is 0 Å². The summed E-state index contributed by atoms with van der Waals surface area (Å²) in [5.41, 5.74) is 3.87. The van der Waals surface area contributed by atoms with Crippen molar-refractivity contribution in [3.8, 4) is 22.6 Å². The van der Waals surface area contributed by atoms with Crippen LogP contribution in [0.25, 0.3) is 22.6 Å². The fourth-order valence-corrected chi connectivity index (χ4v) is 3.09. The lowest BCUT2D eigenvalue weighted by atomic mass is 10.0. The maximum Gasteiger partial charge on any atom is 0.263 e. The Morgan fingerprint density at radius 3 is 2.47 bits per heavy atom. The first-order chi connectivity index (χ1) is 14.7. The standard InChI is InChI=1S/C24H19N3O3/c28-16-26-23-8-4-7-20(27-23)22-15-25-24(30-22)21(29)14-11-17-9-12-19(13-10-17)18-5-2-1-3-6-18/h1-10,12-13,15-16H,11,14H2,(H,26,27,28). The molecule has 0 aliphatic carbocycles. The van der Waals surface area contributed by atoms with Gasteiger partial charge in [-0.25, -0.2) is 9.97 Å². The second kappa shape index (κ2) is 8.96. The van der Waals surface area contributed by atoms with Crippen molar-refractivity contribution in [1.82, 2.24) is 9.97 Å². The van der Waals surface area contributed by atoms with Crippen molar-refractivity contribution in [3.63, 3.8) is 0 Å². The molecule has 2 heterocycles. The SMILES string of the molecule is O=CNc1cccc(-c2cnc(C(=O)CCc3ccc(-c4ccccc4)cc3)o2)n1. The van der Waals surface area contributed by atoms with Crippen LogP contribution in [0.4, 0.5) is 5.82 Å². The molecule has 6 nitrogen and oxygen atoms in total. The van der Waals surface area contributed by atoms with Gasteiger partial charge in [-0.1, -0.05) is 60.7 Å². The lowest BCUT2D eigenvalue weighted by molar-refractivity contribution is -0.105. The van der Waals surface area contributed by atoms with E-state index in [0.717, 1.165) is 16.7 Å². The van der Waals surface area contributed by atoms with E-state index in [1.807, 2.05) is 30.3 Å². The number of Topliss-reactive ketones (excluding diaryl/α,β-unsaturated/α-hetero) is 1. The number of carbonyl (C=O) groups excluding carboxylic acids is 2. The number of pyridine rings is 1. The number of nitrogens with one attached hydrogen (secondary N) is 1. The van der Waals surface area contributed by atoms with Crippen LogP contribution in [0, 0.1) is 0 Å². The van der Waals surface area contributed by atoms with Gasteiger partial charge in [0.2, 0.25) is 12.2 Å². The van der Waals surface area contributed by atoms with Crippen LogP contribution in [0.1, 0.15) is 22.7 Å². The second-order valence-corrected chi connectivity index (χ2v) is 6.69. The number of benzene rings is 2. The van der Waals surface area contributed by atoms with E-state index in [9.17, 15) is 9.59 Å². The minimum atomic E-state index is -0.171. The summed E-state index contributed by atoms with van der Waals surface area (Å²) in [6.07, 6.45) is 2.91. The van der Waals surface area contributed by atoms with Gasteiger partial charge in [-0.2, -0.15) is 0 Å². The van der Waals surface area contributed by atoms with E-state index in [2.05, 4.69) is 39.6 Å². The largest absolute Gasteiger partial charge is 0.432 e. The van der Waals surface area contributed by atoms with Gasteiger partial charge in [0.05, 0.1) is 6.20 Å². The van der Waals surface area contributed by atoms with Crippen molar-refractivity contribution in [2.75, 3.05) is 5.32 Å². The second-order valence-electron chi connectivity index (χ2n) is 6.69. The van der Waals surface area contributed by atoms with Gasteiger partial charge in [-0.15, -0.1) is 0 Å². The molecule has 0 saturated heterocycles. The van der Waals surface area contributed by atoms with E-state index in [0.29, 0.717) is 36.5 Å². The van der Waals surface area contributed by atoms with E-state index in [1.165, 1.54) is 6.20 Å². The minimum absolute atomic E-state index is 0.0569. The summed E-state index contributed by atoms with van der Waals surface area (Å²) in [5.74, 6) is 0.655. The highest BCUT2D eigenvalue weighted by molar-refractivity contribution is 5.92. The fraction of sp³-hybridized carbons (Fsp3) is 0.0833. The van der Waals surface area contributed by atoms with Crippen LogP contribution in [0.5, 0.6) is 0 Å². The Balaban J connectivity index is 1.39. The Bertz CT molecular complexity index is 1150. The Hall–Kier alpha value is -4.06. The number of hydrogen-bond acceptors (Lipinski definition) is 5. The number of aromatic nitrogens is 2. The third-order valence-electron chi connectivity index (χ3n) is 4.65. The first kappa shape index (κ1) is 19.3. The molecule has 0 unspecified atom stereocenters. The topological polar surface area (TPSA) is 85.1 Å². The van der Waals surface area contributed by atoms with E-state index in [-0.39, 0.29) is 11.7 Å². The molecule has 0 bridgehead atoms. The monoisotopic (exact) mass is 397 g/mol. The lowest BCUT2D eigenvalue weighted by Gasteiger charge is -2.04. The lowest BCUT2D eigenvalue weighted by Crippen LogP contribution is -2.01. The molecule has 1 amide bonds. The first-order valence-electron chi connectivity index (χ1n) is 9.54. The fourth-order valence-electron chi connectivity index (χ4n) is 3.09. The zero-order valence-corrected chi connectivity index (χ0v) is 16.1. The number of anilines is 1. The molecular weight excluding hydrogens is 378 g/mol. The zero-order chi connectivity index (χ0) is 20.8. The van der Waals surface area contributed by atoms with E-state index in [4.69, 9.17) is 4.42 Å². The molecule has 0 aliphatic heterocycles. The van der Waals surface area contributed by atoms with Gasteiger partial charge in [0.1, 0.15) is 11.5 Å². The van der Waals surface area contributed by atoms with Gasteiger partial charge in [0.25, 0.3) is 5.89 Å². The molecule has 148 valence electrons. The third kappa shape index (κ3) is 4.50. The molecule has 0 atom stereocenters. The number of carbonyl (C=O) groups is 2. The van der Waals surface area contributed by atoms with Crippen LogP contribution in [0.3, 0.4) is 0 Å². The summed E-state index contributed by atoms with van der Waals surface area (Å²) in [4.78, 5) is 31.4. The van der Waals surface area contributed by atoms with E-state index in [1.54, 1.807) is 18.2 Å². The average molecular weight is 397 g/mol. The Morgan fingerprint density at radius 1 is 0.933 bits per heavy atom. The van der Waals surface area contributed by atoms with Gasteiger partial charge in [-0.3, -0.25) is 9.59 Å². The number of oxazole rings is 1. The molecular formula is C24H19N3O3. The van der Waals surface area contributed by atoms with E-state index < -0.39 is 0 Å². The summed E-state index contributed by atoms with van der Waals surface area (Å²) in [6, 6.07) is 23.4. The normalized spacial score (nSPS) is 10.5. The minimum Gasteiger partial charge on any atom is -0.432 e. The third-order valence-corrected chi connectivity index (χ3v) is 4.65. The van der Waals surface area contributed by atoms with Crippen molar-refractivity contribution in [1.29, 1.82) is 0 Å². The smallest absolute Gasteiger partial charge is 0.263 e. The highest BCUT2D eigenvalue weighted by Crippen LogP contribution is 2.22. The highest BCUT2D eigenvalue weighted by atomic mass is 16.4. The molecule has 4 rings (SSSR count). The Kier molecular flexibility index (Phi) is 5.75. The number of nitrogens with zero attached hydrogens (tertiary/aromatic N) is 2.